The van der Waals surface area contributed by atoms with E-state index in [0.717, 1.165) is 55.1 Å². The van der Waals surface area contributed by atoms with E-state index in [2.05, 4.69) is 49.2 Å². The Morgan fingerprint density at radius 3 is 2.20 bits per heavy atom. The lowest BCUT2D eigenvalue weighted by Gasteiger charge is -2.11. The summed E-state index contributed by atoms with van der Waals surface area (Å²) in [5, 5.41) is 20.0. The molecular formula is C21H27N3O. The van der Waals surface area contributed by atoms with Gasteiger partial charge in [-0.1, -0.05) is 52.2 Å². The summed E-state index contributed by atoms with van der Waals surface area (Å²) in [4.78, 5) is 1.59. The monoisotopic (exact) mass is 337 g/mol. The fraction of sp³-hybridized carbons (Fsp3) is 0.429. The van der Waals surface area contributed by atoms with Crippen LogP contribution in [0, 0.1) is 0 Å². The normalized spacial score (nSPS) is 11.3. The molecule has 1 heterocycles. The molecule has 1 aromatic heterocycles. The van der Waals surface area contributed by atoms with Crippen molar-refractivity contribution < 1.29 is 5.11 Å². The molecule has 25 heavy (non-hydrogen) atoms. The molecule has 4 nitrogen and oxygen atoms in total. The molecule has 1 N–H and O–H groups in total. The predicted molar refractivity (Wildman–Crippen MR) is 103 cm³/mol. The number of rotatable bonds is 7. The van der Waals surface area contributed by atoms with Crippen LogP contribution in [0.25, 0.3) is 16.7 Å². The first kappa shape index (κ1) is 17.5. The third-order valence-electron chi connectivity index (χ3n) is 4.49. The van der Waals surface area contributed by atoms with Crippen molar-refractivity contribution in [1.29, 1.82) is 0 Å². The van der Waals surface area contributed by atoms with E-state index in [-0.39, 0.29) is 0 Å². The van der Waals surface area contributed by atoms with Crippen LogP contribution in [0.4, 0.5) is 0 Å². The highest BCUT2D eigenvalue weighted by Gasteiger charge is 2.14. The first-order valence-corrected chi connectivity index (χ1v) is 9.37. The van der Waals surface area contributed by atoms with Gasteiger partial charge in [0.05, 0.1) is 0 Å². The summed E-state index contributed by atoms with van der Waals surface area (Å²) in [5.74, 6) is 0.302. The smallest absolute Gasteiger partial charge is 0.146 e. The van der Waals surface area contributed by atoms with E-state index in [0.29, 0.717) is 11.4 Å². The zero-order chi connectivity index (χ0) is 17.8. The van der Waals surface area contributed by atoms with E-state index in [9.17, 15) is 5.11 Å². The highest BCUT2D eigenvalue weighted by molar-refractivity contribution is 5.75. The molecule has 0 unspecified atom stereocenters. The molecule has 0 aliphatic carbocycles. The number of fused-ring (bicyclic) bond motifs is 1. The quantitative estimate of drug-likeness (QED) is 0.661. The van der Waals surface area contributed by atoms with Gasteiger partial charge in [-0.15, -0.1) is 15.0 Å². The van der Waals surface area contributed by atoms with Crippen molar-refractivity contribution in [2.45, 2.75) is 59.3 Å². The fourth-order valence-corrected chi connectivity index (χ4v) is 3.30. The summed E-state index contributed by atoms with van der Waals surface area (Å²) in [6.45, 7) is 6.47. The van der Waals surface area contributed by atoms with E-state index in [1.54, 1.807) is 4.80 Å². The number of hydrogen-bond acceptors (Lipinski definition) is 3. The molecule has 132 valence electrons. The zero-order valence-corrected chi connectivity index (χ0v) is 15.4. The van der Waals surface area contributed by atoms with Crippen molar-refractivity contribution in [3.63, 3.8) is 0 Å². The van der Waals surface area contributed by atoms with Gasteiger partial charge in [-0.2, -0.15) is 0 Å². The Kier molecular flexibility index (Phi) is 5.37. The van der Waals surface area contributed by atoms with Crippen molar-refractivity contribution in [3.8, 4) is 11.4 Å². The molecule has 0 bridgehead atoms. The van der Waals surface area contributed by atoms with Crippen LogP contribution in [0.5, 0.6) is 5.75 Å². The summed E-state index contributed by atoms with van der Waals surface area (Å²) in [5.41, 5.74) is 5.91. The molecule has 0 amide bonds. The van der Waals surface area contributed by atoms with Gasteiger partial charge < -0.3 is 5.11 Å². The Labute approximate surface area is 149 Å². The summed E-state index contributed by atoms with van der Waals surface area (Å²) in [6, 6.07) is 10.4. The maximum absolute atomic E-state index is 10.7. The summed E-state index contributed by atoms with van der Waals surface area (Å²) < 4.78 is 0. The maximum atomic E-state index is 10.7. The van der Waals surface area contributed by atoms with Gasteiger partial charge in [-0.25, -0.2) is 0 Å². The van der Waals surface area contributed by atoms with E-state index >= 15 is 0 Å². The molecule has 0 saturated heterocycles. The van der Waals surface area contributed by atoms with Gasteiger partial charge in [0.25, 0.3) is 0 Å². The van der Waals surface area contributed by atoms with E-state index < -0.39 is 0 Å². The lowest BCUT2D eigenvalue weighted by Crippen LogP contribution is -2.03. The third kappa shape index (κ3) is 3.68. The number of phenols is 1. The molecule has 0 saturated carbocycles. The molecule has 3 rings (SSSR count). The van der Waals surface area contributed by atoms with E-state index in [1.807, 2.05) is 12.1 Å². The molecule has 0 aliphatic rings. The first-order valence-electron chi connectivity index (χ1n) is 9.37. The predicted octanol–water partition coefficient (Wildman–Crippen LogP) is 4.98. The molecule has 2 aromatic carbocycles. The van der Waals surface area contributed by atoms with Crippen molar-refractivity contribution >= 4 is 11.0 Å². The molecule has 3 aromatic rings. The van der Waals surface area contributed by atoms with E-state index in [1.165, 1.54) is 11.1 Å². The lowest BCUT2D eigenvalue weighted by atomic mass is 10.0. The molecule has 0 radical (unpaired) electrons. The summed E-state index contributed by atoms with van der Waals surface area (Å²) >= 11 is 0. The van der Waals surface area contributed by atoms with Gasteiger partial charge in [0.1, 0.15) is 22.5 Å². The highest BCUT2D eigenvalue weighted by atomic mass is 16.3. The second-order valence-electron chi connectivity index (χ2n) is 6.69. The minimum Gasteiger partial charge on any atom is -0.505 e. The van der Waals surface area contributed by atoms with Crippen LogP contribution in [-0.4, -0.2) is 20.1 Å². The largest absolute Gasteiger partial charge is 0.505 e. The van der Waals surface area contributed by atoms with Crippen LogP contribution >= 0.6 is 0 Å². The lowest BCUT2D eigenvalue weighted by molar-refractivity contribution is 0.460. The van der Waals surface area contributed by atoms with Gasteiger partial charge in [-0.3, -0.25) is 0 Å². The molecule has 0 fully saturated rings. The maximum Gasteiger partial charge on any atom is 0.146 e. The Bertz CT molecular complexity index is 867. The van der Waals surface area contributed by atoms with Crippen molar-refractivity contribution in [2.75, 3.05) is 0 Å². The second kappa shape index (κ2) is 7.68. The molecule has 0 spiro atoms. The van der Waals surface area contributed by atoms with Gasteiger partial charge in [0.15, 0.2) is 0 Å². The Balaban J connectivity index is 2.09. The number of nitrogens with zero attached hydrogens (tertiary/aromatic N) is 3. The topological polar surface area (TPSA) is 50.9 Å². The average molecular weight is 337 g/mol. The minimum atomic E-state index is 0.302. The molecule has 0 aliphatic heterocycles. The van der Waals surface area contributed by atoms with Crippen LogP contribution in [-0.2, 0) is 19.3 Å². The van der Waals surface area contributed by atoms with Crippen molar-refractivity contribution in [1.82, 2.24) is 15.0 Å². The zero-order valence-electron chi connectivity index (χ0n) is 15.4. The van der Waals surface area contributed by atoms with Crippen LogP contribution < -0.4 is 0 Å². The first-order chi connectivity index (χ1) is 12.2. The molecule has 0 atom stereocenters. The summed E-state index contributed by atoms with van der Waals surface area (Å²) in [6.07, 6.45) is 6.08. The standard InChI is InChI=1S/C21H27N3O/c1-4-7-15-10-11-18-19(13-15)23-24(22-18)20-14-16(8-5-2)12-17(9-6-3)21(20)25/h10-14,25H,4-9H2,1-3H3. The molecular weight excluding hydrogens is 310 g/mol. The van der Waals surface area contributed by atoms with Crippen molar-refractivity contribution in [3.05, 3.63) is 47.0 Å². The van der Waals surface area contributed by atoms with Crippen LogP contribution in [0.15, 0.2) is 30.3 Å². The van der Waals surface area contributed by atoms with Gasteiger partial charge in [0, 0.05) is 0 Å². The number of aryl methyl sites for hydroxylation is 3. The number of benzene rings is 2. The van der Waals surface area contributed by atoms with Gasteiger partial charge in [-0.05, 0) is 54.2 Å². The van der Waals surface area contributed by atoms with Crippen molar-refractivity contribution in [2.24, 2.45) is 0 Å². The van der Waals surface area contributed by atoms with Crippen LogP contribution in [0.3, 0.4) is 0 Å². The van der Waals surface area contributed by atoms with E-state index in [4.69, 9.17) is 0 Å². The number of aromatic nitrogens is 3. The number of hydrogen-bond donors (Lipinski definition) is 1. The van der Waals surface area contributed by atoms with Crippen LogP contribution in [0.1, 0.15) is 56.7 Å². The minimum absolute atomic E-state index is 0.302. The Morgan fingerprint density at radius 2 is 1.48 bits per heavy atom. The number of phenolic OH excluding ortho intramolecular Hbond substituents is 1. The Hall–Kier alpha value is -2.36. The second-order valence-corrected chi connectivity index (χ2v) is 6.69. The molecule has 4 heteroatoms. The summed E-state index contributed by atoms with van der Waals surface area (Å²) in [7, 11) is 0. The SMILES string of the molecule is CCCc1cc(CCC)c(O)c(-n2nc3ccc(CCC)cc3n2)c1. The van der Waals surface area contributed by atoms with Gasteiger partial charge >= 0.3 is 0 Å². The Morgan fingerprint density at radius 1 is 0.800 bits per heavy atom. The average Bonchev–Trinajstić information content (AvgIpc) is 3.01. The van der Waals surface area contributed by atoms with Crippen LogP contribution in [0.2, 0.25) is 0 Å². The third-order valence-corrected chi connectivity index (χ3v) is 4.49. The highest BCUT2D eigenvalue weighted by Crippen LogP contribution is 2.29. The number of aromatic hydroxyl groups is 1. The fourth-order valence-electron chi connectivity index (χ4n) is 3.30. The van der Waals surface area contributed by atoms with Gasteiger partial charge in [0.2, 0.25) is 0 Å².